The van der Waals surface area contributed by atoms with E-state index in [0.29, 0.717) is 32.4 Å². The fourth-order valence-electron chi connectivity index (χ4n) is 4.67. The Hall–Kier alpha value is -2.92. The highest BCUT2D eigenvalue weighted by Crippen LogP contribution is 2.29. The highest BCUT2D eigenvalue weighted by atomic mass is 19.1. The van der Waals surface area contributed by atoms with Crippen LogP contribution in [0.3, 0.4) is 0 Å². The SMILES string of the molecule is N=C(N)NCCC[C@H](NC(=O)[C@@H]1CCCN1C(=O)[C@@H](NC(=O)O)C1CCCCC1)C(=O)CF. The normalized spacial score (nSPS) is 20.5. The van der Waals surface area contributed by atoms with Crippen molar-refractivity contribution < 1.29 is 28.7 Å². The summed E-state index contributed by atoms with van der Waals surface area (Å²) in [4.78, 5) is 51.0. The van der Waals surface area contributed by atoms with E-state index in [1.807, 2.05) is 0 Å². The van der Waals surface area contributed by atoms with Crippen molar-refractivity contribution in [1.29, 1.82) is 5.41 Å². The van der Waals surface area contributed by atoms with E-state index in [-0.39, 0.29) is 18.3 Å². The number of alkyl halides is 1. The van der Waals surface area contributed by atoms with E-state index in [1.54, 1.807) is 0 Å². The number of halogens is 1. The van der Waals surface area contributed by atoms with Gasteiger partial charge in [-0.1, -0.05) is 19.3 Å². The zero-order valence-electron chi connectivity index (χ0n) is 18.8. The predicted molar refractivity (Wildman–Crippen MR) is 118 cm³/mol. The van der Waals surface area contributed by atoms with E-state index >= 15 is 0 Å². The number of nitrogens with one attached hydrogen (secondary N) is 4. The van der Waals surface area contributed by atoms with Crippen LogP contribution >= 0.6 is 0 Å². The second-order valence-electron chi connectivity index (χ2n) is 8.66. The number of ketones is 1. The van der Waals surface area contributed by atoms with Gasteiger partial charge >= 0.3 is 6.09 Å². The van der Waals surface area contributed by atoms with Gasteiger partial charge in [-0.15, -0.1) is 0 Å². The number of Topliss-reactive ketones (excluding diaryl/α,β-unsaturated/α-hetero) is 1. The number of nitrogens with two attached hydrogens (primary N) is 1. The van der Waals surface area contributed by atoms with Crippen LogP contribution in [0.25, 0.3) is 0 Å². The number of carbonyl (C=O) groups is 4. The van der Waals surface area contributed by atoms with Gasteiger partial charge in [-0.25, -0.2) is 9.18 Å². The molecule has 0 radical (unpaired) electrons. The van der Waals surface area contributed by atoms with Crippen LogP contribution in [0.2, 0.25) is 0 Å². The van der Waals surface area contributed by atoms with E-state index in [9.17, 15) is 28.7 Å². The van der Waals surface area contributed by atoms with Crippen molar-refractivity contribution in [2.24, 2.45) is 11.7 Å². The summed E-state index contributed by atoms with van der Waals surface area (Å²) in [6, 6.07) is -2.82. The zero-order chi connectivity index (χ0) is 24.4. The molecule has 0 spiro atoms. The van der Waals surface area contributed by atoms with Crippen LogP contribution < -0.4 is 21.7 Å². The molecular formula is C21H35FN6O5. The van der Waals surface area contributed by atoms with Crippen molar-refractivity contribution in [1.82, 2.24) is 20.9 Å². The van der Waals surface area contributed by atoms with Crippen molar-refractivity contribution in [2.75, 3.05) is 19.8 Å². The number of nitrogens with zero attached hydrogens (tertiary/aromatic N) is 1. The molecule has 33 heavy (non-hydrogen) atoms. The van der Waals surface area contributed by atoms with Gasteiger partial charge in [0.05, 0.1) is 6.04 Å². The molecule has 0 aromatic heterocycles. The second-order valence-corrected chi connectivity index (χ2v) is 8.66. The third-order valence-electron chi connectivity index (χ3n) is 6.33. The van der Waals surface area contributed by atoms with Crippen LogP contribution in [0, 0.1) is 11.3 Å². The molecule has 0 bridgehead atoms. The fourth-order valence-corrected chi connectivity index (χ4v) is 4.67. The first-order valence-corrected chi connectivity index (χ1v) is 11.5. The monoisotopic (exact) mass is 470 g/mol. The summed E-state index contributed by atoms with van der Waals surface area (Å²) >= 11 is 0. The minimum absolute atomic E-state index is 0.124. The van der Waals surface area contributed by atoms with Gasteiger partial charge in [0.1, 0.15) is 18.8 Å². The van der Waals surface area contributed by atoms with Gasteiger partial charge in [0.25, 0.3) is 0 Å². The van der Waals surface area contributed by atoms with Gasteiger partial charge < -0.3 is 31.7 Å². The molecule has 7 N–H and O–H groups in total. The highest BCUT2D eigenvalue weighted by Gasteiger charge is 2.41. The van der Waals surface area contributed by atoms with Crippen molar-refractivity contribution in [3.05, 3.63) is 0 Å². The average Bonchev–Trinajstić information content (AvgIpc) is 3.29. The summed E-state index contributed by atoms with van der Waals surface area (Å²) in [5, 5.41) is 23.9. The standard InChI is InChI=1S/C21H35FN6O5/c22-12-16(29)14(8-4-10-25-20(23)24)26-18(30)15-9-5-11-28(15)19(31)17(27-21(32)33)13-6-2-1-3-7-13/h13-15,17,27H,1-12H2,(H,26,30)(H,32,33)(H4,23,24,25)/t14-,15-,17-/m0/s1. The molecule has 0 aromatic rings. The molecule has 1 saturated heterocycles. The number of likely N-dealkylation sites (tertiary alicyclic amines) is 1. The predicted octanol–water partition coefficient (Wildman–Crippen LogP) is 0.481. The smallest absolute Gasteiger partial charge is 0.405 e. The maximum atomic E-state index is 13.3. The first kappa shape index (κ1) is 26.3. The number of amides is 3. The number of carboxylic acid groups (broad SMARTS) is 1. The van der Waals surface area contributed by atoms with Gasteiger partial charge in [-0.05, 0) is 44.4 Å². The molecule has 3 amide bonds. The third-order valence-corrected chi connectivity index (χ3v) is 6.33. The topological polar surface area (TPSA) is 178 Å². The summed E-state index contributed by atoms with van der Waals surface area (Å²) in [7, 11) is 0. The fraction of sp³-hybridized carbons (Fsp3) is 0.762. The van der Waals surface area contributed by atoms with E-state index in [1.165, 1.54) is 4.90 Å². The van der Waals surface area contributed by atoms with Crippen molar-refractivity contribution in [3.63, 3.8) is 0 Å². The van der Waals surface area contributed by atoms with Crippen LogP contribution in [0.1, 0.15) is 57.8 Å². The summed E-state index contributed by atoms with van der Waals surface area (Å²) in [5.41, 5.74) is 5.21. The molecule has 0 unspecified atom stereocenters. The van der Waals surface area contributed by atoms with E-state index < -0.39 is 48.5 Å². The van der Waals surface area contributed by atoms with Crippen molar-refractivity contribution in [3.8, 4) is 0 Å². The van der Waals surface area contributed by atoms with Crippen LogP contribution in [0.15, 0.2) is 0 Å². The van der Waals surface area contributed by atoms with Gasteiger partial charge in [0.2, 0.25) is 11.8 Å². The van der Waals surface area contributed by atoms with Crippen LogP contribution in [0.5, 0.6) is 0 Å². The molecule has 1 saturated carbocycles. The quantitative estimate of drug-likeness (QED) is 0.144. The molecule has 2 rings (SSSR count). The van der Waals surface area contributed by atoms with Gasteiger partial charge in [-0.3, -0.25) is 19.8 Å². The summed E-state index contributed by atoms with van der Waals surface area (Å²) < 4.78 is 13.0. The lowest BCUT2D eigenvalue weighted by molar-refractivity contribution is -0.142. The Bertz CT molecular complexity index is 730. The second kappa shape index (κ2) is 12.9. The van der Waals surface area contributed by atoms with Gasteiger partial charge in [-0.2, -0.15) is 0 Å². The Morgan fingerprint density at radius 1 is 1.09 bits per heavy atom. The van der Waals surface area contributed by atoms with E-state index in [0.717, 1.165) is 32.1 Å². The zero-order valence-corrected chi connectivity index (χ0v) is 18.8. The largest absolute Gasteiger partial charge is 0.465 e. The van der Waals surface area contributed by atoms with Crippen molar-refractivity contribution >= 4 is 29.7 Å². The molecule has 2 aliphatic rings. The molecule has 12 heteroatoms. The molecular weight excluding hydrogens is 435 g/mol. The van der Waals surface area contributed by atoms with Crippen molar-refractivity contribution in [2.45, 2.75) is 75.9 Å². The molecule has 11 nitrogen and oxygen atoms in total. The number of hydrogen-bond acceptors (Lipinski definition) is 5. The molecule has 186 valence electrons. The minimum Gasteiger partial charge on any atom is -0.465 e. The molecule has 1 heterocycles. The van der Waals surface area contributed by atoms with Gasteiger partial charge in [0.15, 0.2) is 11.7 Å². The highest BCUT2D eigenvalue weighted by molar-refractivity contribution is 5.95. The lowest BCUT2D eigenvalue weighted by Crippen LogP contribution is -2.57. The Morgan fingerprint density at radius 2 is 1.79 bits per heavy atom. The number of carbonyl (C=O) groups excluding carboxylic acids is 3. The summed E-state index contributed by atoms with van der Waals surface area (Å²) in [6.07, 6.45) is 4.55. The van der Waals surface area contributed by atoms with Crippen LogP contribution in [-0.4, -0.2) is 77.5 Å². The Labute approximate surface area is 192 Å². The minimum atomic E-state index is -1.29. The molecule has 1 aliphatic carbocycles. The lowest BCUT2D eigenvalue weighted by atomic mass is 9.83. The van der Waals surface area contributed by atoms with Crippen LogP contribution in [0.4, 0.5) is 9.18 Å². The Morgan fingerprint density at radius 3 is 2.39 bits per heavy atom. The van der Waals surface area contributed by atoms with Gasteiger partial charge in [0, 0.05) is 13.1 Å². The van der Waals surface area contributed by atoms with Crippen LogP contribution in [-0.2, 0) is 14.4 Å². The third kappa shape index (κ3) is 7.86. The molecule has 2 fully saturated rings. The van der Waals surface area contributed by atoms with E-state index in [2.05, 4.69) is 16.0 Å². The maximum Gasteiger partial charge on any atom is 0.405 e. The lowest BCUT2D eigenvalue weighted by Gasteiger charge is -2.34. The first-order chi connectivity index (χ1) is 15.7. The molecule has 3 atom stereocenters. The summed E-state index contributed by atoms with van der Waals surface area (Å²) in [6.45, 7) is -0.629. The maximum absolute atomic E-state index is 13.3. The molecule has 0 aromatic carbocycles. The number of guanidine groups is 1. The Balaban J connectivity index is 2.06. The first-order valence-electron chi connectivity index (χ1n) is 11.5. The van der Waals surface area contributed by atoms with E-state index in [4.69, 9.17) is 11.1 Å². The number of rotatable bonds is 11. The molecule has 1 aliphatic heterocycles. The summed E-state index contributed by atoms with van der Waals surface area (Å²) in [5.74, 6) is -2.10. The average molecular weight is 471 g/mol. The Kier molecular flexibility index (Phi) is 10.3. The number of hydrogen-bond donors (Lipinski definition) is 6.